The molecule has 7 heteroatoms. The lowest BCUT2D eigenvalue weighted by atomic mass is 9.81. The summed E-state index contributed by atoms with van der Waals surface area (Å²) >= 11 is 0. The number of hydrogen-bond donors (Lipinski definition) is 2. The lowest BCUT2D eigenvalue weighted by Crippen LogP contribution is -2.47. The van der Waals surface area contributed by atoms with Crippen molar-refractivity contribution in [3.63, 3.8) is 0 Å². The van der Waals surface area contributed by atoms with E-state index in [-0.39, 0.29) is 11.4 Å². The van der Waals surface area contributed by atoms with Crippen LogP contribution in [0.25, 0.3) is 0 Å². The third-order valence-electron chi connectivity index (χ3n) is 3.98. The highest BCUT2D eigenvalue weighted by Crippen LogP contribution is 2.31. The summed E-state index contributed by atoms with van der Waals surface area (Å²) in [6.07, 6.45) is 5.05. The van der Waals surface area contributed by atoms with Crippen LogP contribution in [0, 0.1) is 0 Å². The van der Waals surface area contributed by atoms with Crippen molar-refractivity contribution in [1.82, 2.24) is 14.5 Å². The molecule has 0 saturated heterocycles. The van der Waals surface area contributed by atoms with Gasteiger partial charge < -0.3 is 5.11 Å². The van der Waals surface area contributed by atoms with Crippen LogP contribution >= 0.6 is 0 Å². The van der Waals surface area contributed by atoms with Crippen LogP contribution in [-0.2, 0) is 16.6 Å². The first kappa shape index (κ1) is 15.2. The Hall–Kier alpha value is -1.70. The predicted molar refractivity (Wildman–Crippen MR) is 81.8 cm³/mol. The number of benzene rings is 1. The fourth-order valence-electron chi connectivity index (χ4n) is 2.41. The number of rotatable bonds is 6. The SMILES string of the molecule is O=S(=O)(NCC1(O)CCC1)c1cnn(Cc2ccccc2)c1. The molecule has 2 aromatic rings. The Morgan fingerprint density at radius 1 is 1.27 bits per heavy atom. The molecule has 1 aromatic heterocycles. The van der Waals surface area contributed by atoms with Crippen LogP contribution in [0.4, 0.5) is 0 Å². The summed E-state index contributed by atoms with van der Waals surface area (Å²) in [5, 5.41) is 14.1. The van der Waals surface area contributed by atoms with Crippen molar-refractivity contribution >= 4 is 10.0 Å². The number of nitrogens with zero attached hydrogens (tertiary/aromatic N) is 2. The molecule has 1 heterocycles. The molecule has 22 heavy (non-hydrogen) atoms. The Morgan fingerprint density at radius 3 is 2.64 bits per heavy atom. The zero-order valence-electron chi connectivity index (χ0n) is 12.1. The summed E-state index contributed by atoms with van der Waals surface area (Å²) in [6.45, 7) is 0.569. The summed E-state index contributed by atoms with van der Waals surface area (Å²) in [6, 6.07) is 9.70. The van der Waals surface area contributed by atoms with Gasteiger partial charge >= 0.3 is 0 Å². The molecule has 0 radical (unpaired) electrons. The Labute approximate surface area is 129 Å². The van der Waals surface area contributed by atoms with E-state index in [2.05, 4.69) is 9.82 Å². The van der Waals surface area contributed by atoms with Gasteiger partial charge in [-0.2, -0.15) is 5.10 Å². The van der Waals surface area contributed by atoms with Crippen molar-refractivity contribution in [3.8, 4) is 0 Å². The van der Waals surface area contributed by atoms with Gasteiger partial charge in [-0.15, -0.1) is 0 Å². The highest BCUT2D eigenvalue weighted by atomic mass is 32.2. The third kappa shape index (κ3) is 3.37. The molecular weight excluding hydrogens is 302 g/mol. The molecule has 0 amide bonds. The Kier molecular flexibility index (Phi) is 4.03. The molecule has 0 aliphatic heterocycles. The minimum Gasteiger partial charge on any atom is -0.389 e. The Bertz CT molecular complexity index is 736. The van der Waals surface area contributed by atoms with Gasteiger partial charge in [-0.05, 0) is 24.8 Å². The lowest BCUT2D eigenvalue weighted by Gasteiger charge is -2.36. The molecular formula is C15H19N3O3S. The summed E-state index contributed by atoms with van der Waals surface area (Å²) in [5.74, 6) is 0. The zero-order valence-corrected chi connectivity index (χ0v) is 13.0. The van der Waals surface area contributed by atoms with Gasteiger partial charge in [-0.1, -0.05) is 30.3 Å². The summed E-state index contributed by atoms with van der Waals surface area (Å²) in [7, 11) is -3.63. The van der Waals surface area contributed by atoms with Gasteiger partial charge in [0.15, 0.2) is 0 Å². The van der Waals surface area contributed by atoms with E-state index in [0.717, 1.165) is 12.0 Å². The van der Waals surface area contributed by atoms with Crippen LogP contribution in [-0.4, -0.2) is 35.5 Å². The van der Waals surface area contributed by atoms with Crippen molar-refractivity contribution in [2.45, 2.75) is 36.3 Å². The summed E-state index contributed by atoms with van der Waals surface area (Å²) in [4.78, 5) is 0.117. The van der Waals surface area contributed by atoms with Gasteiger partial charge in [0.2, 0.25) is 10.0 Å². The highest BCUT2D eigenvalue weighted by Gasteiger charge is 2.35. The van der Waals surface area contributed by atoms with Gasteiger partial charge in [0.1, 0.15) is 4.90 Å². The van der Waals surface area contributed by atoms with E-state index < -0.39 is 15.6 Å². The van der Waals surface area contributed by atoms with Gasteiger partial charge in [-0.3, -0.25) is 4.68 Å². The topological polar surface area (TPSA) is 84.2 Å². The maximum absolute atomic E-state index is 12.2. The van der Waals surface area contributed by atoms with Gasteiger partial charge in [-0.25, -0.2) is 13.1 Å². The molecule has 0 bridgehead atoms. The number of nitrogens with one attached hydrogen (secondary N) is 1. The second kappa shape index (κ2) is 5.83. The van der Waals surface area contributed by atoms with Crippen LogP contribution < -0.4 is 4.72 Å². The van der Waals surface area contributed by atoms with Crippen molar-refractivity contribution in [2.24, 2.45) is 0 Å². The molecule has 1 aliphatic rings. The standard InChI is InChI=1S/C15H19N3O3S/c19-15(7-4-8-15)12-17-22(20,21)14-9-16-18(11-14)10-13-5-2-1-3-6-13/h1-3,5-6,9,11,17,19H,4,7-8,10,12H2. The normalized spacial score (nSPS) is 17.1. The molecule has 1 aromatic carbocycles. The number of aromatic nitrogens is 2. The van der Waals surface area contributed by atoms with Crippen LogP contribution in [0.1, 0.15) is 24.8 Å². The predicted octanol–water partition coefficient (Wildman–Crippen LogP) is 1.12. The van der Waals surface area contributed by atoms with E-state index >= 15 is 0 Å². The monoisotopic (exact) mass is 321 g/mol. The molecule has 1 aliphatic carbocycles. The van der Waals surface area contributed by atoms with E-state index in [4.69, 9.17) is 0 Å². The Balaban J connectivity index is 1.67. The molecule has 1 saturated carbocycles. The first-order valence-electron chi connectivity index (χ1n) is 7.25. The highest BCUT2D eigenvalue weighted by molar-refractivity contribution is 7.89. The van der Waals surface area contributed by atoms with Gasteiger partial charge in [0.25, 0.3) is 0 Å². The molecule has 0 spiro atoms. The average molecular weight is 321 g/mol. The average Bonchev–Trinajstić information content (AvgIpc) is 2.94. The molecule has 1 fully saturated rings. The smallest absolute Gasteiger partial charge is 0.243 e. The maximum atomic E-state index is 12.2. The first-order valence-corrected chi connectivity index (χ1v) is 8.74. The van der Waals surface area contributed by atoms with Crippen LogP contribution in [0.15, 0.2) is 47.6 Å². The second-order valence-electron chi connectivity index (χ2n) is 5.76. The number of aliphatic hydroxyl groups is 1. The fraction of sp³-hybridized carbons (Fsp3) is 0.400. The maximum Gasteiger partial charge on any atom is 0.243 e. The Morgan fingerprint density at radius 2 is 2.00 bits per heavy atom. The zero-order chi connectivity index (χ0) is 15.6. The van der Waals surface area contributed by atoms with Gasteiger partial charge in [0, 0.05) is 12.7 Å². The van der Waals surface area contributed by atoms with E-state index in [1.54, 1.807) is 4.68 Å². The van der Waals surface area contributed by atoms with E-state index in [9.17, 15) is 13.5 Å². The largest absolute Gasteiger partial charge is 0.389 e. The molecule has 2 N–H and O–H groups in total. The second-order valence-corrected chi connectivity index (χ2v) is 7.53. The van der Waals surface area contributed by atoms with Crippen molar-refractivity contribution in [3.05, 3.63) is 48.3 Å². The minimum absolute atomic E-state index is 0.0548. The first-order chi connectivity index (χ1) is 10.5. The minimum atomic E-state index is -3.63. The number of sulfonamides is 1. The molecule has 0 unspecified atom stereocenters. The number of hydrogen-bond acceptors (Lipinski definition) is 4. The quantitative estimate of drug-likeness (QED) is 0.835. The fourth-order valence-corrected chi connectivity index (χ4v) is 3.49. The van der Waals surface area contributed by atoms with Crippen molar-refractivity contribution < 1.29 is 13.5 Å². The lowest BCUT2D eigenvalue weighted by molar-refractivity contribution is -0.0270. The van der Waals surface area contributed by atoms with Gasteiger partial charge in [0.05, 0.1) is 18.3 Å². The van der Waals surface area contributed by atoms with Crippen LogP contribution in [0.5, 0.6) is 0 Å². The third-order valence-corrected chi connectivity index (χ3v) is 5.34. The van der Waals surface area contributed by atoms with Crippen LogP contribution in [0.2, 0.25) is 0 Å². The molecule has 6 nitrogen and oxygen atoms in total. The molecule has 118 valence electrons. The van der Waals surface area contributed by atoms with Crippen LogP contribution in [0.3, 0.4) is 0 Å². The van der Waals surface area contributed by atoms with E-state index in [1.807, 2.05) is 30.3 Å². The molecule has 0 atom stereocenters. The molecule has 3 rings (SSSR count). The van der Waals surface area contributed by atoms with Crippen molar-refractivity contribution in [2.75, 3.05) is 6.54 Å². The van der Waals surface area contributed by atoms with E-state index in [1.165, 1.54) is 12.4 Å². The van der Waals surface area contributed by atoms with Crippen molar-refractivity contribution in [1.29, 1.82) is 0 Å². The van der Waals surface area contributed by atoms with E-state index in [0.29, 0.717) is 19.4 Å². The summed E-state index contributed by atoms with van der Waals surface area (Å²) < 4.78 is 28.5. The summed E-state index contributed by atoms with van der Waals surface area (Å²) in [5.41, 5.74) is 0.166.